The van der Waals surface area contributed by atoms with Gasteiger partial charge in [0.1, 0.15) is 0 Å². The first-order valence-electron chi connectivity index (χ1n) is 6.74. The molecule has 2 heterocycles. The first-order valence-corrected chi connectivity index (χ1v) is 9.16. The maximum atomic E-state index is 3.81. The van der Waals surface area contributed by atoms with Crippen LogP contribution in [0.2, 0.25) is 0 Å². The Kier molecular flexibility index (Phi) is 4.13. The second-order valence-corrected chi connectivity index (χ2v) is 9.05. The van der Waals surface area contributed by atoms with E-state index in [1.807, 2.05) is 22.7 Å². The zero-order chi connectivity index (χ0) is 13.4. The molecule has 2 atom stereocenters. The third kappa shape index (κ3) is 2.97. The van der Waals surface area contributed by atoms with Crippen molar-refractivity contribution in [2.45, 2.75) is 45.2 Å². The summed E-state index contributed by atoms with van der Waals surface area (Å²) >= 11 is 7.43. The van der Waals surface area contributed by atoms with Gasteiger partial charge in [0.05, 0.1) is 3.79 Å². The number of hydrogen-bond donors (Lipinski definition) is 1. The predicted molar refractivity (Wildman–Crippen MR) is 88.3 cm³/mol. The zero-order valence-corrected chi connectivity index (χ0v) is 14.4. The second kappa shape index (κ2) is 5.68. The average molecular weight is 356 g/mol. The molecule has 1 aliphatic rings. The minimum absolute atomic E-state index is 0.438. The fourth-order valence-electron chi connectivity index (χ4n) is 2.76. The number of rotatable bonds is 3. The molecule has 4 heteroatoms. The van der Waals surface area contributed by atoms with Gasteiger partial charge in [-0.25, -0.2) is 0 Å². The largest absolute Gasteiger partial charge is 0.303 e. The van der Waals surface area contributed by atoms with Gasteiger partial charge in [-0.2, -0.15) is 0 Å². The molecule has 1 N–H and O–H groups in total. The highest BCUT2D eigenvalue weighted by Crippen LogP contribution is 2.39. The van der Waals surface area contributed by atoms with Gasteiger partial charge in [0.25, 0.3) is 0 Å². The summed E-state index contributed by atoms with van der Waals surface area (Å²) in [6.45, 7) is 4.45. The summed E-state index contributed by atoms with van der Waals surface area (Å²) in [6.07, 6.45) is 3.80. The maximum Gasteiger partial charge on any atom is 0.0704 e. The average Bonchev–Trinajstić information content (AvgIpc) is 2.95. The van der Waals surface area contributed by atoms with Gasteiger partial charge in [0.15, 0.2) is 0 Å². The quantitative estimate of drug-likeness (QED) is 0.754. The van der Waals surface area contributed by atoms with Gasteiger partial charge in [0.2, 0.25) is 0 Å². The monoisotopic (exact) mass is 355 g/mol. The Morgan fingerprint density at radius 2 is 2.21 bits per heavy atom. The summed E-state index contributed by atoms with van der Waals surface area (Å²) in [7, 11) is 0. The lowest BCUT2D eigenvalue weighted by Gasteiger charge is -2.26. The third-order valence-corrected chi connectivity index (χ3v) is 6.62. The Bertz CT molecular complexity index is 572. The third-order valence-electron chi connectivity index (χ3n) is 3.72. The van der Waals surface area contributed by atoms with Crippen molar-refractivity contribution in [1.82, 2.24) is 5.32 Å². The highest BCUT2D eigenvalue weighted by molar-refractivity contribution is 9.11. The SMILES string of the molecule is Cc1ccc(C(C)NC2CCCc3sc(Br)cc32)s1. The minimum atomic E-state index is 0.438. The van der Waals surface area contributed by atoms with E-state index in [0.717, 1.165) is 0 Å². The van der Waals surface area contributed by atoms with Crippen LogP contribution in [0.25, 0.3) is 0 Å². The van der Waals surface area contributed by atoms with E-state index in [9.17, 15) is 0 Å². The Morgan fingerprint density at radius 3 is 2.95 bits per heavy atom. The Hall–Kier alpha value is -0.160. The molecule has 0 saturated carbocycles. The molecule has 2 unspecified atom stereocenters. The molecule has 0 amide bonds. The molecule has 1 aliphatic carbocycles. The smallest absolute Gasteiger partial charge is 0.0704 e. The lowest BCUT2D eigenvalue weighted by atomic mass is 9.93. The Morgan fingerprint density at radius 1 is 1.37 bits per heavy atom. The van der Waals surface area contributed by atoms with Crippen molar-refractivity contribution in [3.63, 3.8) is 0 Å². The fraction of sp³-hybridized carbons (Fsp3) is 0.467. The Balaban J connectivity index is 1.77. The van der Waals surface area contributed by atoms with Gasteiger partial charge in [0, 0.05) is 26.7 Å². The van der Waals surface area contributed by atoms with Crippen LogP contribution < -0.4 is 5.32 Å². The van der Waals surface area contributed by atoms with E-state index < -0.39 is 0 Å². The van der Waals surface area contributed by atoms with Crippen LogP contribution in [-0.2, 0) is 6.42 Å². The topological polar surface area (TPSA) is 12.0 Å². The van der Waals surface area contributed by atoms with Crippen LogP contribution in [0.3, 0.4) is 0 Å². The summed E-state index contributed by atoms with van der Waals surface area (Å²) in [4.78, 5) is 4.40. The van der Waals surface area contributed by atoms with E-state index >= 15 is 0 Å². The molecule has 19 heavy (non-hydrogen) atoms. The molecule has 1 nitrogen and oxygen atoms in total. The maximum absolute atomic E-state index is 3.81. The van der Waals surface area contributed by atoms with E-state index in [1.165, 1.54) is 38.4 Å². The van der Waals surface area contributed by atoms with Crippen LogP contribution in [0.5, 0.6) is 0 Å². The second-order valence-electron chi connectivity index (χ2n) is 5.21. The normalized spacial score (nSPS) is 20.3. The van der Waals surface area contributed by atoms with Gasteiger partial charge in [-0.3, -0.25) is 0 Å². The van der Waals surface area contributed by atoms with E-state index in [4.69, 9.17) is 0 Å². The molecule has 0 saturated heterocycles. The highest BCUT2D eigenvalue weighted by atomic mass is 79.9. The lowest BCUT2D eigenvalue weighted by Crippen LogP contribution is -2.26. The van der Waals surface area contributed by atoms with E-state index in [-0.39, 0.29) is 0 Å². The van der Waals surface area contributed by atoms with Crippen molar-refractivity contribution in [2.24, 2.45) is 0 Å². The van der Waals surface area contributed by atoms with Crippen LogP contribution in [0.4, 0.5) is 0 Å². The van der Waals surface area contributed by atoms with Crippen LogP contribution in [0, 0.1) is 6.92 Å². The van der Waals surface area contributed by atoms with Gasteiger partial charge < -0.3 is 5.32 Å². The molecule has 0 aliphatic heterocycles. The highest BCUT2D eigenvalue weighted by Gasteiger charge is 2.24. The van der Waals surface area contributed by atoms with Gasteiger partial charge in [-0.15, -0.1) is 22.7 Å². The molecule has 0 bridgehead atoms. The van der Waals surface area contributed by atoms with Crippen LogP contribution in [-0.4, -0.2) is 0 Å². The summed E-state index contributed by atoms with van der Waals surface area (Å²) in [6, 6.07) is 7.73. The first kappa shape index (κ1) is 13.8. The number of nitrogens with one attached hydrogen (secondary N) is 1. The molecular formula is C15H18BrNS2. The van der Waals surface area contributed by atoms with Gasteiger partial charge in [-0.05, 0) is 72.8 Å². The number of hydrogen-bond acceptors (Lipinski definition) is 3. The number of thiophene rings is 2. The molecule has 3 rings (SSSR count). The summed E-state index contributed by atoms with van der Waals surface area (Å²) < 4.78 is 1.27. The van der Waals surface area contributed by atoms with Crippen molar-refractivity contribution >= 4 is 38.6 Å². The molecule has 102 valence electrons. The fourth-order valence-corrected chi connectivity index (χ4v) is 5.47. The standard InChI is InChI=1S/C15H18BrNS2/c1-9-6-7-13(18-9)10(2)17-12-4-3-5-14-11(12)8-15(16)19-14/h6-8,10,12,17H,3-5H2,1-2H3. The number of fused-ring (bicyclic) bond motifs is 1. The van der Waals surface area contributed by atoms with E-state index in [0.29, 0.717) is 12.1 Å². The molecule has 2 aromatic heterocycles. The molecule has 0 fully saturated rings. The molecule has 0 radical (unpaired) electrons. The lowest BCUT2D eigenvalue weighted by molar-refractivity contribution is 0.421. The van der Waals surface area contributed by atoms with Crippen molar-refractivity contribution in [3.8, 4) is 0 Å². The Labute approximate surface area is 131 Å². The van der Waals surface area contributed by atoms with Crippen LogP contribution in [0.1, 0.15) is 52.0 Å². The molecule has 0 aromatic carbocycles. The van der Waals surface area contributed by atoms with Crippen LogP contribution in [0.15, 0.2) is 22.0 Å². The predicted octanol–water partition coefficient (Wildman–Crippen LogP) is 5.61. The molecule has 2 aromatic rings. The van der Waals surface area contributed by atoms with Gasteiger partial charge in [-0.1, -0.05) is 0 Å². The van der Waals surface area contributed by atoms with E-state index in [1.54, 1.807) is 4.88 Å². The van der Waals surface area contributed by atoms with Crippen LogP contribution >= 0.6 is 38.6 Å². The van der Waals surface area contributed by atoms with Crippen molar-refractivity contribution in [1.29, 1.82) is 0 Å². The minimum Gasteiger partial charge on any atom is -0.303 e. The van der Waals surface area contributed by atoms with Crippen molar-refractivity contribution in [2.75, 3.05) is 0 Å². The first-order chi connectivity index (χ1) is 9.13. The van der Waals surface area contributed by atoms with Crippen molar-refractivity contribution in [3.05, 3.63) is 42.2 Å². The summed E-state index contributed by atoms with van der Waals surface area (Å²) in [5.74, 6) is 0. The van der Waals surface area contributed by atoms with Crippen molar-refractivity contribution < 1.29 is 0 Å². The number of aryl methyl sites for hydroxylation is 2. The van der Waals surface area contributed by atoms with Gasteiger partial charge >= 0.3 is 0 Å². The summed E-state index contributed by atoms with van der Waals surface area (Å²) in [5.41, 5.74) is 1.52. The summed E-state index contributed by atoms with van der Waals surface area (Å²) in [5, 5.41) is 3.81. The molecule has 0 spiro atoms. The van der Waals surface area contributed by atoms with E-state index in [2.05, 4.69) is 53.3 Å². The zero-order valence-electron chi connectivity index (χ0n) is 11.2. The number of halogens is 1. The molecular weight excluding hydrogens is 338 g/mol.